The summed E-state index contributed by atoms with van der Waals surface area (Å²) < 4.78 is 0. The summed E-state index contributed by atoms with van der Waals surface area (Å²) in [6.45, 7) is 6.64. The van der Waals surface area contributed by atoms with Gasteiger partial charge in [-0.2, -0.15) is 0 Å². The molecule has 2 aromatic carbocycles. The molecule has 0 atom stereocenters. The van der Waals surface area contributed by atoms with E-state index in [1.165, 1.54) is 16.7 Å². The highest BCUT2D eigenvalue weighted by atomic mass is 16.2. The molecule has 5 nitrogen and oxygen atoms in total. The Bertz CT molecular complexity index is 784. The van der Waals surface area contributed by atoms with Crippen LogP contribution in [0.3, 0.4) is 0 Å². The van der Waals surface area contributed by atoms with Crippen LogP contribution in [0.15, 0.2) is 48.5 Å². The van der Waals surface area contributed by atoms with Crippen LogP contribution in [0.25, 0.3) is 0 Å². The molecule has 2 aromatic rings. The molecular weight excluding hydrogens is 338 g/mol. The molecular formula is C22H27N3O2. The molecule has 0 spiro atoms. The molecule has 27 heavy (non-hydrogen) atoms. The third-order valence-electron chi connectivity index (χ3n) is 4.87. The van der Waals surface area contributed by atoms with Gasteiger partial charge in [0.25, 0.3) is 0 Å². The Morgan fingerprint density at radius 2 is 1.44 bits per heavy atom. The highest BCUT2D eigenvalue weighted by Gasteiger charge is 2.29. The number of carbonyl (C=O) groups excluding carboxylic acids is 2. The average molecular weight is 365 g/mol. The third-order valence-corrected chi connectivity index (χ3v) is 4.87. The number of urea groups is 1. The van der Waals surface area contributed by atoms with Crippen molar-refractivity contribution in [1.82, 2.24) is 15.1 Å². The lowest BCUT2D eigenvalue weighted by Crippen LogP contribution is -2.40. The van der Waals surface area contributed by atoms with Crippen molar-refractivity contribution in [2.45, 2.75) is 26.8 Å². The SMILES string of the molecule is Cc1ccc(CCNC(=O)CN2CCN(Cc3ccc(C)cc3)C2=O)cc1. The van der Waals surface area contributed by atoms with Gasteiger partial charge in [0.1, 0.15) is 6.54 Å². The number of nitrogens with zero attached hydrogens (tertiary/aromatic N) is 2. The number of carbonyl (C=O) groups is 2. The Morgan fingerprint density at radius 3 is 2.07 bits per heavy atom. The summed E-state index contributed by atoms with van der Waals surface area (Å²) in [5.74, 6) is -0.104. The van der Waals surface area contributed by atoms with E-state index in [9.17, 15) is 9.59 Å². The first kappa shape index (κ1) is 19.0. The van der Waals surface area contributed by atoms with Gasteiger partial charge in [-0.15, -0.1) is 0 Å². The zero-order chi connectivity index (χ0) is 19.2. The number of hydrogen-bond acceptors (Lipinski definition) is 2. The topological polar surface area (TPSA) is 52.7 Å². The van der Waals surface area contributed by atoms with Crippen molar-refractivity contribution in [3.05, 3.63) is 70.8 Å². The Balaban J connectivity index is 1.42. The fourth-order valence-corrected chi connectivity index (χ4v) is 3.17. The van der Waals surface area contributed by atoms with E-state index in [1.807, 2.05) is 19.1 Å². The number of aryl methyl sites for hydroxylation is 2. The maximum absolute atomic E-state index is 12.5. The summed E-state index contributed by atoms with van der Waals surface area (Å²) in [6.07, 6.45) is 0.791. The number of nitrogens with one attached hydrogen (secondary N) is 1. The molecule has 1 aliphatic heterocycles. The van der Waals surface area contributed by atoms with Crippen molar-refractivity contribution in [2.75, 3.05) is 26.2 Å². The smallest absolute Gasteiger partial charge is 0.320 e. The Labute approximate surface area is 161 Å². The van der Waals surface area contributed by atoms with Crippen LogP contribution in [0.2, 0.25) is 0 Å². The minimum Gasteiger partial charge on any atom is -0.354 e. The number of rotatable bonds is 7. The molecule has 3 amide bonds. The molecule has 0 saturated carbocycles. The molecule has 0 bridgehead atoms. The highest BCUT2D eigenvalue weighted by Crippen LogP contribution is 2.14. The molecule has 0 unspecified atom stereocenters. The monoisotopic (exact) mass is 365 g/mol. The van der Waals surface area contributed by atoms with E-state index < -0.39 is 0 Å². The summed E-state index contributed by atoms with van der Waals surface area (Å²) in [5.41, 5.74) is 4.74. The van der Waals surface area contributed by atoms with Crippen molar-refractivity contribution in [3.8, 4) is 0 Å². The predicted molar refractivity (Wildman–Crippen MR) is 106 cm³/mol. The van der Waals surface area contributed by atoms with Gasteiger partial charge < -0.3 is 15.1 Å². The standard InChI is InChI=1S/C22H27N3O2/c1-17-3-7-19(8-4-17)11-12-23-21(26)16-25-14-13-24(22(25)27)15-20-9-5-18(2)6-10-20/h3-10H,11-16H2,1-2H3,(H,23,26). The maximum Gasteiger partial charge on any atom is 0.320 e. The second kappa shape index (κ2) is 8.71. The molecule has 0 radical (unpaired) electrons. The van der Waals surface area contributed by atoms with Gasteiger partial charge in [-0.1, -0.05) is 59.7 Å². The van der Waals surface area contributed by atoms with Crippen LogP contribution in [-0.2, 0) is 17.8 Å². The van der Waals surface area contributed by atoms with E-state index in [1.54, 1.807) is 9.80 Å². The number of hydrogen-bond donors (Lipinski definition) is 1. The highest BCUT2D eigenvalue weighted by molar-refractivity contribution is 5.85. The van der Waals surface area contributed by atoms with Crippen LogP contribution in [-0.4, -0.2) is 47.9 Å². The number of amides is 3. The second-order valence-corrected chi connectivity index (χ2v) is 7.20. The first-order valence-corrected chi connectivity index (χ1v) is 9.43. The van der Waals surface area contributed by atoms with Crippen LogP contribution in [0.4, 0.5) is 4.79 Å². The minimum absolute atomic E-state index is 0.0655. The predicted octanol–water partition coefficient (Wildman–Crippen LogP) is 2.90. The van der Waals surface area contributed by atoms with E-state index in [4.69, 9.17) is 0 Å². The van der Waals surface area contributed by atoms with E-state index in [-0.39, 0.29) is 18.5 Å². The van der Waals surface area contributed by atoms with E-state index in [0.717, 1.165) is 12.0 Å². The molecule has 0 aromatic heterocycles. The largest absolute Gasteiger partial charge is 0.354 e. The molecule has 1 saturated heterocycles. The van der Waals surface area contributed by atoms with Gasteiger partial charge in [0, 0.05) is 26.2 Å². The Morgan fingerprint density at radius 1 is 0.889 bits per heavy atom. The molecule has 1 aliphatic rings. The van der Waals surface area contributed by atoms with Crippen molar-refractivity contribution in [1.29, 1.82) is 0 Å². The molecule has 3 rings (SSSR count). The van der Waals surface area contributed by atoms with Gasteiger partial charge in [-0.05, 0) is 31.4 Å². The van der Waals surface area contributed by atoms with Gasteiger partial charge in [0.05, 0.1) is 0 Å². The average Bonchev–Trinajstić information content (AvgIpc) is 2.98. The van der Waals surface area contributed by atoms with Crippen LogP contribution in [0, 0.1) is 13.8 Å². The summed E-state index contributed by atoms with van der Waals surface area (Å²) in [7, 11) is 0. The molecule has 142 valence electrons. The molecule has 1 fully saturated rings. The van der Waals surface area contributed by atoms with Crippen molar-refractivity contribution >= 4 is 11.9 Å². The van der Waals surface area contributed by atoms with E-state index >= 15 is 0 Å². The second-order valence-electron chi connectivity index (χ2n) is 7.20. The minimum atomic E-state index is -0.104. The summed E-state index contributed by atoms with van der Waals surface area (Å²) >= 11 is 0. The molecule has 1 N–H and O–H groups in total. The third kappa shape index (κ3) is 5.33. The quantitative estimate of drug-likeness (QED) is 0.820. The summed E-state index contributed by atoms with van der Waals surface area (Å²) in [4.78, 5) is 28.1. The maximum atomic E-state index is 12.5. The van der Waals surface area contributed by atoms with Gasteiger partial charge in [0.2, 0.25) is 5.91 Å². The van der Waals surface area contributed by atoms with Gasteiger partial charge in [0.15, 0.2) is 0 Å². The normalized spacial score (nSPS) is 13.9. The van der Waals surface area contributed by atoms with Crippen LogP contribution >= 0.6 is 0 Å². The summed E-state index contributed by atoms with van der Waals surface area (Å²) in [5, 5.41) is 2.91. The first-order chi connectivity index (χ1) is 13.0. The molecule has 1 heterocycles. The fourth-order valence-electron chi connectivity index (χ4n) is 3.17. The lowest BCUT2D eigenvalue weighted by molar-refractivity contribution is -0.121. The fraction of sp³-hybridized carbons (Fsp3) is 0.364. The Kier molecular flexibility index (Phi) is 6.12. The van der Waals surface area contributed by atoms with Crippen LogP contribution in [0.5, 0.6) is 0 Å². The number of benzene rings is 2. The lowest BCUT2D eigenvalue weighted by Gasteiger charge is -2.18. The van der Waals surface area contributed by atoms with Gasteiger partial charge >= 0.3 is 6.03 Å². The van der Waals surface area contributed by atoms with Crippen molar-refractivity contribution in [3.63, 3.8) is 0 Å². The lowest BCUT2D eigenvalue weighted by atomic mass is 10.1. The zero-order valence-electron chi connectivity index (χ0n) is 16.1. The first-order valence-electron chi connectivity index (χ1n) is 9.43. The van der Waals surface area contributed by atoms with Crippen molar-refractivity contribution < 1.29 is 9.59 Å². The van der Waals surface area contributed by atoms with Gasteiger partial charge in [-0.3, -0.25) is 4.79 Å². The molecule has 0 aliphatic carbocycles. The van der Waals surface area contributed by atoms with Crippen LogP contribution < -0.4 is 5.32 Å². The van der Waals surface area contributed by atoms with E-state index in [2.05, 4.69) is 48.6 Å². The summed E-state index contributed by atoms with van der Waals surface area (Å²) in [6, 6.07) is 16.4. The van der Waals surface area contributed by atoms with E-state index in [0.29, 0.717) is 26.2 Å². The van der Waals surface area contributed by atoms with Crippen molar-refractivity contribution in [2.24, 2.45) is 0 Å². The zero-order valence-corrected chi connectivity index (χ0v) is 16.1. The molecule has 5 heteroatoms. The van der Waals surface area contributed by atoms with Crippen LogP contribution in [0.1, 0.15) is 22.3 Å². The Hall–Kier alpha value is -2.82. The van der Waals surface area contributed by atoms with Gasteiger partial charge in [-0.25, -0.2) is 4.79 Å².